The summed E-state index contributed by atoms with van der Waals surface area (Å²) in [7, 11) is 0. The third kappa shape index (κ3) is 15.5. The van der Waals surface area contributed by atoms with E-state index in [-0.39, 0.29) is 0 Å². The van der Waals surface area contributed by atoms with Crippen LogP contribution >= 0.6 is 11.6 Å². The molecule has 0 nitrogen and oxygen atoms in total. The number of rotatable bonds is 12. The Labute approximate surface area is 112 Å². The van der Waals surface area contributed by atoms with E-state index >= 15 is 0 Å². The van der Waals surface area contributed by atoms with E-state index in [1.807, 2.05) is 6.08 Å². The van der Waals surface area contributed by atoms with Crippen molar-refractivity contribution >= 4 is 11.6 Å². The minimum Gasteiger partial charge on any atom is -0.127 e. The van der Waals surface area contributed by atoms with E-state index in [2.05, 4.69) is 30.9 Å². The highest BCUT2D eigenvalue weighted by atomic mass is 35.5. The van der Waals surface area contributed by atoms with Crippen LogP contribution in [0.3, 0.4) is 0 Å². The van der Waals surface area contributed by atoms with Gasteiger partial charge in [-0.2, -0.15) is 0 Å². The lowest BCUT2D eigenvalue weighted by Crippen LogP contribution is -1.80. The predicted octanol–water partition coefficient (Wildman–Crippen LogP) is 6.03. The highest BCUT2D eigenvalue weighted by Gasteiger charge is 1.89. The van der Waals surface area contributed by atoms with Crippen LogP contribution in [-0.4, -0.2) is 5.88 Å². The summed E-state index contributed by atoms with van der Waals surface area (Å²) in [6, 6.07) is 0. The molecule has 0 spiro atoms. The largest absolute Gasteiger partial charge is 0.127 e. The van der Waals surface area contributed by atoms with Crippen LogP contribution in [0.15, 0.2) is 37.0 Å². The third-order valence-corrected chi connectivity index (χ3v) is 2.93. The first-order chi connectivity index (χ1) is 8.41. The van der Waals surface area contributed by atoms with Gasteiger partial charge in [0.15, 0.2) is 0 Å². The van der Waals surface area contributed by atoms with Gasteiger partial charge in [-0.1, -0.05) is 56.1 Å². The molecule has 0 amide bonds. The molecule has 0 rings (SSSR count). The molecule has 0 unspecified atom stereocenters. The topological polar surface area (TPSA) is 0 Å². The maximum Gasteiger partial charge on any atom is 0.0223 e. The van der Waals surface area contributed by atoms with E-state index in [1.54, 1.807) is 0 Å². The van der Waals surface area contributed by atoms with Gasteiger partial charge in [0.05, 0.1) is 0 Å². The first-order valence-electron chi connectivity index (χ1n) is 6.88. The Bertz CT molecular complexity index is 204. The average Bonchev–Trinajstić information content (AvgIpc) is 2.35. The summed E-state index contributed by atoms with van der Waals surface area (Å²) >= 11 is 5.62. The van der Waals surface area contributed by atoms with Gasteiger partial charge < -0.3 is 0 Å². The Morgan fingerprint density at radius 1 is 0.706 bits per heavy atom. The highest BCUT2D eigenvalue weighted by molar-refractivity contribution is 6.17. The van der Waals surface area contributed by atoms with Crippen LogP contribution < -0.4 is 0 Å². The molecule has 0 atom stereocenters. The molecule has 0 aromatic carbocycles. The van der Waals surface area contributed by atoms with Crippen molar-refractivity contribution in [1.82, 2.24) is 0 Å². The molecular weight excluding hydrogens is 228 g/mol. The summed E-state index contributed by atoms with van der Waals surface area (Å²) in [6.07, 6.45) is 22.0. The maximum atomic E-state index is 5.62. The quantitative estimate of drug-likeness (QED) is 0.226. The molecule has 0 aromatic heterocycles. The van der Waals surface area contributed by atoms with Crippen molar-refractivity contribution in [2.75, 3.05) is 5.88 Å². The molecule has 0 aromatic rings. The van der Waals surface area contributed by atoms with Crippen LogP contribution in [0, 0.1) is 0 Å². The van der Waals surface area contributed by atoms with Crippen molar-refractivity contribution in [3.63, 3.8) is 0 Å². The molecule has 0 N–H and O–H groups in total. The molecule has 0 bridgehead atoms. The number of hydrogen-bond acceptors (Lipinski definition) is 0. The monoisotopic (exact) mass is 254 g/mol. The van der Waals surface area contributed by atoms with Crippen molar-refractivity contribution in [2.24, 2.45) is 0 Å². The second kappa shape index (κ2) is 15.5. The Balaban J connectivity index is 3.11. The lowest BCUT2D eigenvalue weighted by atomic mass is 10.1. The van der Waals surface area contributed by atoms with Crippen molar-refractivity contribution < 1.29 is 0 Å². The second-order valence-corrected chi connectivity index (χ2v) is 4.68. The van der Waals surface area contributed by atoms with E-state index in [9.17, 15) is 0 Å². The van der Waals surface area contributed by atoms with Gasteiger partial charge in [0.1, 0.15) is 0 Å². The van der Waals surface area contributed by atoms with Gasteiger partial charge >= 0.3 is 0 Å². The molecule has 17 heavy (non-hydrogen) atoms. The summed E-state index contributed by atoms with van der Waals surface area (Å²) < 4.78 is 0. The van der Waals surface area contributed by atoms with Crippen molar-refractivity contribution in [3.05, 3.63) is 37.0 Å². The summed E-state index contributed by atoms with van der Waals surface area (Å²) in [4.78, 5) is 0. The number of hydrogen-bond donors (Lipinski definition) is 0. The van der Waals surface area contributed by atoms with Crippen LogP contribution in [0.1, 0.15) is 57.8 Å². The normalized spacial score (nSPS) is 11.6. The van der Waals surface area contributed by atoms with Crippen LogP contribution in [0.25, 0.3) is 0 Å². The summed E-state index contributed by atoms with van der Waals surface area (Å²) in [5.74, 6) is 0.822. The number of allylic oxidation sites excluding steroid dienone is 5. The standard InChI is InChI=1S/C16H27Cl/c1-2-3-4-5-6-7-8-9-10-11-12-13-14-15-16-17/h2,4-5,7-8H,1,3,6,9-16H2. The van der Waals surface area contributed by atoms with Gasteiger partial charge in [-0.15, -0.1) is 18.2 Å². The van der Waals surface area contributed by atoms with E-state index < -0.39 is 0 Å². The summed E-state index contributed by atoms with van der Waals surface area (Å²) in [5.41, 5.74) is 0. The lowest BCUT2D eigenvalue weighted by Gasteiger charge is -1.98. The maximum absolute atomic E-state index is 5.62. The van der Waals surface area contributed by atoms with Crippen LogP contribution in [0.5, 0.6) is 0 Å². The summed E-state index contributed by atoms with van der Waals surface area (Å²) in [5, 5.41) is 0. The van der Waals surface area contributed by atoms with E-state index in [4.69, 9.17) is 11.6 Å². The van der Waals surface area contributed by atoms with Gasteiger partial charge in [-0.05, 0) is 32.1 Å². The Morgan fingerprint density at radius 3 is 2.00 bits per heavy atom. The molecule has 0 heterocycles. The van der Waals surface area contributed by atoms with E-state index in [1.165, 1.54) is 44.9 Å². The molecule has 0 saturated heterocycles. The molecule has 98 valence electrons. The smallest absolute Gasteiger partial charge is 0.0223 e. The van der Waals surface area contributed by atoms with Gasteiger partial charge in [-0.25, -0.2) is 0 Å². The molecule has 0 radical (unpaired) electrons. The SMILES string of the molecule is C=CCC=CCC=CCCCCCCCCCl. The molecule has 0 saturated carbocycles. The number of alkyl halides is 1. The minimum atomic E-state index is 0.822. The molecule has 1 heteroatoms. The predicted molar refractivity (Wildman–Crippen MR) is 80.8 cm³/mol. The Hall–Kier alpha value is -0.490. The zero-order chi connectivity index (χ0) is 12.6. The fourth-order valence-corrected chi connectivity index (χ4v) is 1.83. The van der Waals surface area contributed by atoms with Gasteiger partial charge in [0, 0.05) is 5.88 Å². The molecular formula is C16H27Cl. The van der Waals surface area contributed by atoms with Crippen LogP contribution in [0.2, 0.25) is 0 Å². The first kappa shape index (κ1) is 16.5. The lowest BCUT2D eigenvalue weighted by molar-refractivity contribution is 0.612. The third-order valence-electron chi connectivity index (χ3n) is 2.66. The fraction of sp³-hybridized carbons (Fsp3) is 0.625. The van der Waals surface area contributed by atoms with Gasteiger partial charge in [-0.3, -0.25) is 0 Å². The highest BCUT2D eigenvalue weighted by Crippen LogP contribution is 2.08. The van der Waals surface area contributed by atoms with Crippen molar-refractivity contribution in [3.8, 4) is 0 Å². The van der Waals surface area contributed by atoms with Crippen molar-refractivity contribution in [2.45, 2.75) is 57.8 Å². The van der Waals surface area contributed by atoms with E-state index in [0.29, 0.717) is 0 Å². The fourth-order valence-electron chi connectivity index (χ4n) is 1.65. The number of unbranched alkanes of at least 4 members (excludes halogenated alkanes) is 6. The summed E-state index contributed by atoms with van der Waals surface area (Å²) in [6.45, 7) is 3.68. The Kier molecular flexibility index (Phi) is 15.1. The van der Waals surface area contributed by atoms with Crippen LogP contribution in [-0.2, 0) is 0 Å². The van der Waals surface area contributed by atoms with Gasteiger partial charge in [0.2, 0.25) is 0 Å². The average molecular weight is 255 g/mol. The zero-order valence-electron chi connectivity index (χ0n) is 11.0. The zero-order valence-corrected chi connectivity index (χ0v) is 11.8. The molecule has 0 fully saturated rings. The Morgan fingerprint density at radius 2 is 1.29 bits per heavy atom. The van der Waals surface area contributed by atoms with Crippen molar-refractivity contribution in [1.29, 1.82) is 0 Å². The second-order valence-electron chi connectivity index (χ2n) is 4.30. The minimum absolute atomic E-state index is 0.822. The van der Waals surface area contributed by atoms with E-state index in [0.717, 1.165) is 18.7 Å². The number of halogens is 1. The molecule has 0 aliphatic rings. The first-order valence-corrected chi connectivity index (χ1v) is 7.42. The molecule has 0 aliphatic heterocycles. The van der Waals surface area contributed by atoms with Crippen LogP contribution in [0.4, 0.5) is 0 Å². The van der Waals surface area contributed by atoms with Gasteiger partial charge in [0.25, 0.3) is 0 Å². The molecule has 0 aliphatic carbocycles.